The van der Waals surface area contributed by atoms with Crippen molar-refractivity contribution in [1.82, 2.24) is 10.2 Å². The van der Waals surface area contributed by atoms with Crippen molar-refractivity contribution < 1.29 is 13.9 Å². The van der Waals surface area contributed by atoms with Crippen LogP contribution < -0.4 is 14.8 Å². The van der Waals surface area contributed by atoms with E-state index in [1.807, 2.05) is 24.3 Å². The van der Waals surface area contributed by atoms with Crippen LogP contribution >= 0.6 is 12.2 Å². The summed E-state index contributed by atoms with van der Waals surface area (Å²) >= 11 is 5.69. The monoisotopic (exact) mass is 386 g/mol. The third kappa shape index (κ3) is 3.46. The molecule has 1 fully saturated rings. The largest absolute Gasteiger partial charge is 0.493 e. The molecule has 0 spiro atoms. The Labute approximate surface area is 164 Å². The summed E-state index contributed by atoms with van der Waals surface area (Å²) in [7, 11) is 3.24. The number of hydrogen-bond acceptors (Lipinski definition) is 3. The minimum atomic E-state index is -0.298. The molecule has 0 saturated heterocycles. The Morgan fingerprint density at radius 3 is 2.48 bits per heavy atom. The maximum absolute atomic E-state index is 14.8. The number of halogens is 1. The minimum absolute atomic E-state index is 0.232. The highest BCUT2D eigenvalue weighted by molar-refractivity contribution is 7.80. The van der Waals surface area contributed by atoms with Crippen LogP contribution in [0.25, 0.3) is 0 Å². The zero-order chi connectivity index (χ0) is 19.0. The van der Waals surface area contributed by atoms with Crippen molar-refractivity contribution >= 4 is 17.3 Å². The summed E-state index contributed by atoms with van der Waals surface area (Å²) in [6.45, 7) is 0.722. The van der Waals surface area contributed by atoms with Gasteiger partial charge < -0.3 is 19.7 Å². The molecule has 1 aliphatic carbocycles. The topological polar surface area (TPSA) is 33.7 Å². The summed E-state index contributed by atoms with van der Waals surface area (Å²) in [4.78, 5) is 2.10. The van der Waals surface area contributed by atoms with Crippen molar-refractivity contribution in [3.63, 3.8) is 0 Å². The quantitative estimate of drug-likeness (QED) is 0.808. The first-order valence-electron chi connectivity index (χ1n) is 9.18. The highest BCUT2D eigenvalue weighted by Crippen LogP contribution is 2.41. The molecule has 2 aromatic carbocycles. The van der Waals surface area contributed by atoms with Crippen LogP contribution in [0.2, 0.25) is 0 Å². The number of rotatable bonds is 4. The van der Waals surface area contributed by atoms with Gasteiger partial charge in [0.25, 0.3) is 0 Å². The van der Waals surface area contributed by atoms with Gasteiger partial charge in [-0.2, -0.15) is 0 Å². The van der Waals surface area contributed by atoms with Crippen molar-refractivity contribution in [2.75, 3.05) is 20.8 Å². The third-order valence-electron chi connectivity index (χ3n) is 5.24. The molecule has 1 atom stereocenters. The van der Waals surface area contributed by atoms with E-state index in [9.17, 15) is 4.39 Å². The molecule has 1 aliphatic heterocycles. The fourth-order valence-electron chi connectivity index (χ4n) is 3.68. The van der Waals surface area contributed by atoms with Gasteiger partial charge in [-0.25, -0.2) is 4.39 Å². The number of hydrogen-bond donors (Lipinski definition) is 1. The molecule has 1 N–H and O–H groups in total. The standard InChI is InChI=1S/C21H23FN2O2S/c1-25-18-11-13-9-10-24(21(27)23-14-7-8-14)20(16(13)12-19(18)26-2)15-5-3-4-6-17(15)22/h3-6,11-12,14,20H,7-10H2,1-2H3,(H,23,27)/t20-/m0/s1. The lowest BCUT2D eigenvalue weighted by atomic mass is 9.87. The smallest absolute Gasteiger partial charge is 0.169 e. The first kappa shape index (κ1) is 18.0. The van der Waals surface area contributed by atoms with Gasteiger partial charge in [-0.05, 0) is 60.8 Å². The maximum Gasteiger partial charge on any atom is 0.169 e. The average Bonchev–Trinajstić information content (AvgIpc) is 3.50. The first-order chi connectivity index (χ1) is 13.1. The molecule has 6 heteroatoms. The molecule has 1 heterocycles. The van der Waals surface area contributed by atoms with Crippen LogP contribution in [0.3, 0.4) is 0 Å². The number of nitrogens with one attached hydrogen (secondary N) is 1. The Kier molecular flexibility index (Phi) is 4.91. The number of benzene rings is 2. The number of thiocarbonyl (C=S) groups is 1. The molecule has 4 rings (SSSR count). The van der Waals surface area contributed by atoms with Gasteiger partial charge in [0.05, 0.1) is 20.3 Å². The normalized spacial score (nSPS) is 18.6. The molecule has 0 bridgehead atoms. The van der Waals surface area contributed by atoms with Gasteiger partial charge >= 0.3 is 0 Å². The van der Waals surface area contributed by atoms with E-state index in [4.69, 9.17) is 21.7 Å². The highest BCUT2D eigenvalue weighted by Gasteiger charge is 2.35. The Balaban J connectivity index is 1.82. The molecule has 142 valence electrons. The number of fused-ring (bicyclic) bond motifs is 1. The average molecular weight is 386 g/mol. The van der Waals surface area contributed by atoms with Crippen molar-refractivity contribution in [2.45, 2.75) is 31.3 Å². The van der Waals surface area contributed by atoms with Gasteiger partial charge in [-0.15, -0.1) is 0 Å². The van der Waals surface area contributed by atoms with Crippen molar-refractivity contribution in [3.05, 3.63) is 58.9 Å². The summed E-state index contributed by atoms with van der Waals surface area (Å²) < 4.78 is 25.7. The second-order valence-electron chi connectivity index (χ2n) is 7.00. The van der Waals surface area contributed by atoms with Gasteiger partial charge in [0, 0.05) is 18.2 Å². The summed E-state index contributed by atoms with van der Waals surface area (Å²) in [6.07, 6.45) is 3.09. The van der Waals surface area contributed by atoms with Crippen molar-refractivity contribution in [1.29, 1.82) is 0 Å². The van der Waals surface area contributed by atoms with Crippen molar-refractivity contribution in [2.24, 2.45) is 0 Å². The first-order valence-corrected chi connectivity index (χ1v) is 9.59. The lowest BCUT2D eigenvalue weighted by Crippen LogP contribution is -2.46. The second-order valence-corrected chi connectivity index (χ2v) is 7.38. The van der Waals surface area contributed by atoms with E-state index >= 15 is 0 Å². The Morgan fingerprint density at radius 1 is 1.11 bits per heavy atom. The maximum atomic E-state index is 14.8. The number of methoxy groups -OCH3 is 2. The van der Waals surface area contributed by atoms with Crippen LogP contribution in [0.4, 0.5) is 4.39 Å². The number of ether oxygens (including phenoxy) is 2. The van der Waals surface area contributed by atoms with Crippen LogP contribution in [0.5, 0.6) is 11.5 Å². The summed E-state index contributed by atoms with van der Waals surface area (Å²) in [6, 6.07) is 11.0. The lowest BCUT2D eigenvalue weighted by molar-refractivity contribution is 0.318. The summed E-state index contributed by atoms with van der Waals surface area (Å²) in [5.41, 5.74) is 2.75. The molecule has 27 heavy (non-hydrogen) atoms. The lowest BCUT2D eigenvalue weighted by Gasteiger charge is -2.40. The molecule has 4 nitrogen and oxygen atoms in total. The van der Waals surface area contributed by atoms with Crippen LogP contribution in [0.15, 0.2) is 36.4 Å². The van der Waals surface area contributed by atoms with E-state index in [1.54, 1.807) is 20.3 Å². The molecule has 2 aliphatic rings. The van der Waals surface area contributed by atoms with E-state index < -0.39 is 0 Å². The minimum Gasteiger partial charge on any atom is -0.493 e. The van der Waals surface area contributed by atoms with Crippen LogP contribution in [0, 0.1) is 5.82 Å². The molecule has 0 radical (unpaired) electrons. The zero-order valence-corrected chi connectivity index (χ0v) is 16.3. The molecule has 0 amide bonds. The predicted octanol–water partition coefficient (Wildman–Crippen LogP) is 3.83. The summed E-state index contributed by atoms with van der Waals surface area (Å²) in [5.74, 6) is 1.10. The van der Waals surface area contributed by atoms with Gasteiger partial charge in [-0.3, -0.25) is 0 Å². The van der Waals surface area contributed by atoms with Crippen LogP contribution in [0.1, 0.15) is 35.6 Å². The SMILES string of the molecule is COc1cc2c(cc1OC)[C@H](c1ccccc1F)N(C(=S)NC1CC1)CC2. The molecule has 0 unspecified atom stereocenters. The molecule has 2 aromatic rings. The highest BCUT2D eigenvalue weighted by atomic mass is 32.1. The fraction of sp³-hybridized carbons (Fsp3) is 0.381. The second kappa shape index (κ2) is 7.35. The van der Waals surface area contributed by atoms with Gasteiger partial charge in [0.2, 0.25) is 0 Å². The summed E-state index contributed by atoms with van der Waals surface area (Å²) in [5, 5.41) is 4.09. The van der Waals surface area contributed by atoms with Crippen molar-refractivity contribution in [3.8, 4) is 11.5 Å². The molecular weight excluding hydrogens is 363 g/mol. The zero-order valence-electron chi connectivity index (χ0n) is 15.5. The van der Waals surface area contributed by atoms with E-state index in [1.165, 1.54) is 6.07 Å². The Bertz CT molecular complexity index is 869. The Hall–Kier alpha value is -2.34. The van der Waals surface area contributed by atoms with Crippen LogP contribution in [-0.2, 0) is 6.42 Å². The van der Waals surface area contributed by atoms with E-state index in [0.717, 1.165) is 36.9 Å². The fourth-order valence-corrected chi connectivity index (χ4v) is 4.05. The Morgan fingerprint density at radius 2 is 1.81 bits per heavy atom. The van der Waals surface area contributed by atoms with Gasteiger partial charge in [0.1, 0.15) is 5.82 Å². The van der Waals surface area contributed by atoms with E-state index in [2.05, 4.69) is 10.2 Å². The molecule has 1 saturated carbocycles. The number of nitrogens with zero attached hydrogens (tertiary/aromatic N) is 1. The molecular formula is C21H23FN2O2S. The van der Waals surface area contributed by atoms with E-state index in [0.29, 0.717) is 28.2 Å². The van der Waals surface area contributed by atoms with Gasteiger partial charge in [-0.1, -0.05) is 18.2 Å². The van der Waals surface area contributed by atoms with Gasteiger partial charge in [0.15, 0.2) is 16.6 Å². The molecule has 0 aromatic heterocycles. The third-order valence-corrected chi connectivity index (χ3v) is 5.59. The predicted molar refractivity (Wildman–Crippen MR) is 107 cm³/mol. The van der Waals surface area contributed by atoms with Crippen LogP contribution in [-0.4, -0.2) is 36.8 Å². The van der Waals surface area contributed by atoms with E-state index in [-0.39, 0.29) is 11.9 Å².